The molecule has 0 saturated carbocycles. The van der Waals surface area contributed by atoms with Gasteiger partial charge in [-0.1, -0.05) is 34.1 Å². The molecule has 2 unspecified atom stereocenters. The van der Waals surface area contributed by atoms with Crippen LogP contribution in [0, 0.1) is 11.8 Å². The second-order valence-corrected chi connectivity index (χ2v) is 5.56. The number of hydrogen-bond donors (Lipinski definition) is 2. The second-order valence-electron chi connectivity index (χ2n) is 5.56. The Kier molecular flexibility index (Phi) is 9.14. The van der Waals surface area contributed by atoms with E-state index >= 15 is 0 Å². The normalized spacial score (nSPS) is 14.7. The average molecular weight is 242 g/mol. The van der Waals surface area contributed by atoms with Crippen molar-refractivity contribution in [1.82, 2.24) is 10.6 Å². The largest absolute Gasteiger partial charge is 0.355 e. The molecule has 1 amide bonds. The van der Waals surface area contributed by atoms with Gasteiger partial charge in [0.1, 0.15) is 0 Å². The molecule has 2 N–H and O–H groups in total. The molecule has 0 radical (unpaired) electrons. The molecule has 3 heteroatoms. The van der Waals surface area contributed by atoms with Crippen LogP contribution in [0.1, 0.15) is 53.9 Å². The minimum atomic E-state index is 0.113. The van der Waals surface area contributed by atoms with Crippen molar-refractivity contribution in [3.8, 4) is 0 Å². The van der Waals surface area contributed by atoms with Crippen molar-refractivity contribution in [3.63, 3.8) is 0 Å². The van der Waals surface area contributed by atoms with Crippen molar-refractivity contribution in [2.24, 2.45) is 11.8 Å². The lowest BCUT2D eigenvalue weighted by Gasteiger charge is -2.17. The summed E-state index contributed by atoms with van der Waals surface area (Å²) in [6.07, 6.45) is 3.39. The quantitative estimate of drug-likeness (QED) is 0.652. The van der Waals surface area contributed by atoms with Crippen LogP contribution >= 0.6 is 0 Å². The van der Waals surface area contributed by atoms with E-state index in [1.165, 1.54) is 6.42 Å². The predicted molar refractivity (Wildman–Crippen MR) is 74.0 cm³/mol. The van der Waals surface area contributed by atoms with E-state index in [4.69, 9.17) is 0 Å². The van der Waals surface area contributed by atoms with Crippen LogP contribution in [0.15, 0.2) is 0 Å². The summed E-state index contributed by atoms with van der Waals surface area (Å²) >= 11 is 0. The van der Waals surface area contributed by atoms with Gasteiger partial charge in [-0.3, -0.25) is 4.79 Å². The molecule has 0 spiro atoms. The highest BCUT2D eigenvalue weighted by Gasteiger charge is 2.08. The summed E-state index contributed by atoms with van der Waals surface area (Å²) in [5.41, 5.74) is 0. The Labute approximate surface area is 107 Å². The van der Waals surface area contributed by atoms with Gasteiger partial charge < -0.3 is 10.6 Å². The van der Waals surface area contributed by atoms with Gasteiger partial charge in [-0.25, -0.2) is 0 Å². The molecule has 0 saturated heterocycles. The highest BCUT2D eigenvalue weighted by molar-refractivity contribution is 5.77. The molecular weight excluding hydrogens is 212 g/mol. The van der Waals surface area contributed by atoms with Gasteiger partial charge in [0.2, 0.25) is 5.91 Å². The molecular formula is C14H30N2O. The minimum Gasteiger partial charge on any atom is -0.355 e. The molecule has 3 nitrogen and oxygen atoms in total. The Bertz CT molecular complexity index is 204. The maximum atomic E-state index is 11.5. The first kappa shape index (κ1) is 16.4. The first-order chi connectivity index (χ1) is 7.95. The minimum absolute atomic E-state index is 0.113. The van der Waals surface area contributed by atoms with E-state index in [2.05, 4.69) is 45.3 Å². The Morgan fingerprint density at radius 2 is 1.82 bits per heavy atom. The summed E-state index contributed by atoms with van der Waals surface area (Å²) in [6, 6.07) is 0.417. The number of nitrogens with one attached hydrogen (secondary N) is 2. The Hall–Kier alpha value is -0.570. The van der Waals surface area contributed by atoms with Crippen LogP contribution in [0.5, 0.6) is 0 Å². The zero-order valence-corrected chi connectivity index (χ0v) is 12.2. The Morgan fingerprint density at radius 1 is 1.18 bits per heavy atom. The van der Waals surface area contributed by atoms with E-state index in [9.17, 15) is 4.79 Å². The number of amides is 1. The Morgan fingerprint density at radius 3 is 2.35 bits per heavy atom. The van der Waals surface area contributed by atoms with Crippen LogP contribution in [0.25, 0.3) is 0 Å². The van der Waals surface area contributed by atoms with Crippen LogP contribution < -0.4 is 10.6 Å². The monoisotopic (exact) mass is 242 g/mol. The highest BCUT2D eigenvalue weighted by atomic mass is 16.1. The highest BCUT2D eigenvalue weighted by Crippen LogP contribution is 2.08. The van der Waals surface area contributed by atoms with Crippen LogP contribution in [0.3, 0.4) is 0 Å². The molecule has 0 aromatic carbocycles. The zero-order chi connectivity index (χ0) is 13.3. The first-order valence-corrected chi connectivity index (χ1v) is 6.95. The van der Waals surface area contributed by atoms with Crippen molar-refractivity contribution in [3.05, 3.63) is 0 Å². The van der Waals surface area contributed by atoms with Gasteiger partial charge in [-0.05, 0) is 31.6 Å². The standard InChI is InChI=1S/C14H30N2O/c1-6-12(4)9-13(5)16-10-14(17)15-8-7-11(2)3/h11-13,16H,6-10H2,1-5H3,(H,15,17). The fourth-order valence-electron chi connectivity index (χ4n) is 1.68. The third-order valence-corrected chi connectivity index (χ3v) is 3.11. The number of rotatable bonds is 9. The average Bonchev–Trinajstić information content (AvgIpc) is 2.25. The third kappa shape index (κ3) is 10.3. The molecule has 0 fully saturated rings. The molecule has 0 rings (SSSR count). The molecule has 2 atom stereocenters. The van der Waals surface area contributed by atoms with Gasteiger partial charge in [-0.2, -0.15) is 0 Å². The van der Waals surface area contributed by atoms with Crippen LogP contribution in [0.4, 0.5) is 0 Å². The van der Waals surface area contributed by atoms with Gasteiger partial charge >= 0.3 is 0 Å². The van der Waals surface area contributed by atoms with Gasteiger partial charge in [0, 0.05) is 12.6 Å². The number of hydrogen-bond acceptors (Lipinski definition) is 2. The molecule has 0 bridgehead atoms. The summed E-state index contributed by atoms with van der Waals surface area (Å²) in [5.74, 6) is 1.48. The number of carbonyl (C=O) groups excluding carboxylic acids is 1. The fourth-order valence-corrected chi connectivity index (χ4v) is 1.68. The molecule has 0 aliphatic rings. The smallest absolute Gasteiger partial charge is 0.233 e. The third-order valence-electron chi connectivity index (χ3n) is 3.11. The van der Waals surface area contributed by atoms with E-state index in [1.54, 1.807) is 0 Å². The molecule has 17 heavy (non-hydrogen) atoms. The van der Waals surface area contributed by atoms with Crippen molar-refractivity contribution in [2.45, 2.75) is 59.9 Å². The van der Waals surface area contributed by atoms with E-state index in [-0.39, 0.29) is 5.91 Å². The molecule has 0 aromatic heterocycles. The molecule has 102 valence electrons. The lowest BCUT2D eigenvalue weighted by Crippen LogP contribution is -2.39. The predicted octanol–water partition coefficient (Wildman–Crippen LogP) is 2.56. The second kappa shape index (κ2) is 9.46. The van der Waals surface area contributed by atoms with Crippen LogP contribution in [0.2, 0.25) is 0 Å². The number of carbonyl (C=O) groups is 1. The van der Waals surface area contributed by atoms with Gasteiger partial charge in [-0.15, -0.1) is 0 Å². The molecule has 0 heterocycles. The maximum Gasteiger partial charge on any atom is 0.233 e. The molecule has 0 aromatic rings. The summed E-state index contributed by atoms with van der Waals surface area (Å²) in [5, 5.41) is 6.21. The topological polar surface area (TPSA) is 41.1 Å². The molecule has 0 aliphatic carbocycles. The van der Waals surface area contributed by atoms with E-state index < -0.39 is 0 Å². The van der Waals surface area contributed by atoms with Crippen molar-refractivity contribution < 1.29 is 4.79 Å². The fraction of sp³-hybridized carbons (Fsp3) is 0.929. The molecule has 0 aliphatic heterocycles. The van der Waals surface area contributed by atoms with E-state index in [0.29, 0.717) is 18.5 Å². The van der Waals surface area contributed by atoms with Gasteiger partial charge in [0.25, 0.3) is 0 Å². The van der Waals surface area contributed by atoms with Crippen molar-refractivity contribution >= 4 is 5.91 Å². The van der Waals surface area contributed by atoms with Gasteiger partial charge in [0.15, 0.2) is 0 Å². The lowest BCUT2D eigenvalue weighted by molar-refractivity contribution is -0.120. The maximum absolute atomic E-state index is 11.5. The van der Waals surface area contributed by atoms with E-state index in [0.717, 1.165) is 25.3 Å². The first-order valence-electron chi connectivity index (χ1n) is 6.95. The van der Waals surface area contributed by atoms with Crippen molar-refractivity contribution in [2.75, 3.05) is 13.1 Å². The van der Waals surface area contributed by atoms with Crippen molar-refractivity contribution in [1.29, 1.82) is 0 Å². The van der Waals surface area contributed by atoms with E-state index in [1.807, 2.05) is 0 Å². The summed E-state index contributed by atoms with van der Waals surface area (Å²) in [6.45, 7) is 12.2. The lowest BCUT2D eigenvalue weighted by atomic mass is 10.0. The zero-order valence-electron chi connectivity index (χ0n) is 12.2. The summed E-state index contributed by atoms with van der Waals surface area (Å²) in [7, 11) is 0. The summed E-state index contributed by atoms with van der Waals surface area (Å²) < 4.78 is 0. The SMILES string of the molecule is CCC(C)CC(C)NCC(=O)NCCC(C)C. The van der Waals surface area contributed by atoms with Gasteiger partial charge in [0.05, 0.1) is 6.54 Å². The Balaban J connectivity index is 3.55. The summed E-state index contributed by atoms with van der Waals surface area (Å²) in [4.78, 5) is 11.5. The van der Waals surface area contributed by atoms with Crippen LogP contribution in [-0.4, -0.2) is 25.0 Å². The van der Waals surface area contributed by atoms with Crippen LogP contribution in [-0.2, 0) is 4.79 Å².